The molecule has 1 unspecified atom stereocenters. The van der Waals surface area contributed by atoms with Crippen LogP contribution in [-0.4, -0.2) is 34.2 Å². The summed E-state index contributed by atoms with van der Waals surface area (Å²) in [5.41, 5.74) is -0.442. The van der Waals surface area contributed by atoms with Gasteiger partial charge in [0, 0.05) is 26.1 Å². The lowest BCUT2D eigenvalue weighted by Gasteiger charge is -2.18. The highest BCUT2D eigenvalue weighted by molar-refractivity contribution is 6.01. The number of alkyl halides is 3. The minimum Gasteiger partial charge on any atom is -0.336 e. The third-order valence-corrected chi connectivity index (χ3v) is 4.58. The molecule has 1 fully saturated rings. The molecule has 1 aliphatic rings. The lowest BCUT2D eigenvalue weighted by molar-refractivity contribution is -0.137. The van der Waals surface area contributed by atoms with Gasteiger partial charge in [-0.15, -0.1) is 0 Å². The fourth-order valence-corrected chi connectivity index (χ4v) is 3.15. The van der Waals surface area contributed by atoms with E-state index in [1.165, 1.54) is 11.8 Å². The summed E-state index contributed by atoms with van der Waals surface area (Å²) in [6.07, 6.45) is -3.08. The molecule has 0 aliphatic carbocycles. The summed E-state index contributed by atoms with van der Waals surface area (Å²) in [6, 6.07) is 7.92. The van der Waals surface area contributed by atoms with Crippen molar-refractivity contribution >= 4 is 29.1 Å². The van der Waals surface area contributed by atoms with E-state index in [1.54, 1.807) is 24.4 Å². The van der Waals surface area contributed by atoms with Crippen molar-refractivity contribution < 1.29 is 27.6 Å². The fraction of sp³-hybridized carbons (Fsp3) is 0.300. The molecule has 3 amide bonds. The smallest absolute Gasteiger partial charge is 0.336 e. The summed E-state index contributed by atoms with van der Waals surface area (Å²) in [5, 5.41) is 4.82. The van der Waals surface area contributed by atoms with Crippen LogP contribution in [0.1, 0.15) is 24.6 Å². The Labute approximate surface area is 170 Å². The van der Waals surface area contributed by atoms with Crippen molar-refractivity contribution in [3.05, 3.63) is 53.9 Å². The third kappa shape index (κ3) is 5.13. The molecule has 1 aliphatic heterocycles. The maximum Gasteiger partial charge on any atom is 0.416 e. The van der Waals surface area contributed by atoms with Gasteiger partial charge in [-0.25, -0.2) is 0 Å². The van der Waals surface area contributed by atoms with Crippen LogP contribution in [0.2, 0.25) is 0 Å². The lowest BCUT2D eigenvalue weighted by Crippen LogP contribution is -2.28. The lowest BCUT2D eigenvalue weighted by atomic mass is 10.1. The largest absolute Gasteiger partial charge is 0.416 e. The number of carbonyl (C=O) groups excluding carboxylic acids is 3. The van der Waals surface area contributed by atoms with Crippen molar-refractivity contribution in [2.45, 2.75) is 26.1 Å². The van der Waals surface area contributed by atoms with Crippen LogP contribution in [0.5, 0.6) is 0 Å². The van der Waals surface area contributed by atoms with Crippen LogP contribution in [0.25, 0.3) is 0 Å². The maximum atomic E-state index is 13.1. The predicted molar refractivity (Wildman–Crippen MR) is 102 cm³/mol. The Morgan fingerprint density at radius 1 is 1.17 bits per heavy atom. The molecule has 1 aromatic heterocycles. The normalized spacial score (nSPS) is 16.5. The number of carbonyl (C=O) groups is 3. The van der Waals surface area contributed by atoms with Gasteiger partial charge in [0.2, 0.25) is 17.7 Å². The van der Waals surface area contributed by atoms with E-state index in [2.05, 4.69) is 15.6 Å². The first kappa shape index (κ1) is 21.3. The quantitative estimate of drug-likeness (QED) is 0.778. The summed E-state index contributed by atoms with van der Waals surface area (Å²) in [5.74, 6) is -2.08. The molecule has 30 heavy (non-hydrogen) atoms. The number of amides is 3. The molecule has 7 nitrogen and oxygen atoms in total. The maximum absolute atomic E-state index is 13.1. The first-order valence-corrected chi connectivity index (χ1v) is 9.11. The summed E-state index contributed by atoms with van der Waals surface area (Å²) in [7, 11) is 0. The summed E-state index contributed by atoms with van der Waals surface area (Å²) in [6.45, 7) is 1.56. The Balaban J connectivity index is 1.75. The molecule has 0 saturated carbocycles. The van der Waals surface area contributed by atoms with E-state index in [0.717, 1.165) is 18.2 Å². The number of hydrogen-bond acceptors (Lipinski definition) is 4. The highest BCUT2D eigenvalue weighted by atomic mass is 19.4. The molecule has 2 aromatic rings. The van der Waals surface area contributed by atoms with Gasteiger partial charge in [0.15, 0.2) is 0 Å². The molecule has 0 bridgehead atoms. The van der Waals surface area contributed by atoms with Crippen molar-refractivity contribution in [2.75, 3.05) is 17.2 Å². The first-order valence-electron chi connectivity index (χ1n) is 9.11. The average molecular weight is 420 g/mol. The van der Waals surface area contributed by atoms with Crippen LogP contribution in [-0.2, 0) is 27.1 Å². The zero-order valence-corrected chi connectivity index (χ0v) is 16.0. The Bertz CT molecular complexity index is 964. The second-order valence-corrected chi connectivity index (χ2v) is 6.92. The molecular formula is C20H19F3N4O3. The molecule has 3 rings (SSSR count). The SMILES string of the molecule is CC(=O)Nc1ccc(C(F)(F)F)cc1NC(=O)C1CC(=O)N(Cc2ccccn2)C1. The van der Waals surface area contributed by atoms with Gasteiger partial charge in [0.25, 0.3) is 0 Å². The molecule has 2 N–H and O–H groups in total. The van der Waals surface area contributed by atoms with Crippen LogP contribution in [0.3, 0.4) is 0 Å². The Hall–Kier alpha value is -3.43. The molecular weight excluding hydrogens is 401 g/mol. The van der Waals surface area contributed by atoms with E-state index in [1.807, 2.05) is 0 Å². The molecule has 158 valence electrons. The number of likely N-dealkylation sites (tertiary alicyclic amines) is 1. The number of hydrogen-bond donors (Lipinski definition) is 2. The second kappa shape index (κ2) is 8.52. The van der Waals surface area contributed by atoms with E-state index in [0.29, 0.717) is 5.69 Å². The number of aromatic nitrogens is 1. The second-order valence-electron chi connectivity index (χ2n) is 6.92. The van der Waals surface area contributed by atoms with Crippen molar-refractivity contribution in [3.63, 3.8) is 0 Å². The van der Waals surface area contributed by atoms with E-state index in [-0.39, 0.29) is 36.8 Å². The van der Waals surface area contributed by atoms with Crippen LogP contribution in [0.4, 0.5) is 24.5 Å². The highest BCUT2D eigenvalue weighted by Gasteiger charge is 2.35. The van der Waals surface area contributed by atoms with Gasteiger partial charge in [0.05, 0.1) is 35.1 Å². The first-order chi connectivity index (χ1) is 14.1. The van der Waals surface area contributed by atoms with Crippen LogP contribution >= 0.6 is 0 Å². The van der Waals surface area contributed by atoms with Crippen molar-refractivity contribution in [1.82, 2.24) is 9.88 Å². The third-order valence-electron chi connectivity index (χ3n) is 4.58. The van der Waals surface area contributed by atoms with Crippen LogP contribution < -0.4 is 10.6 Å². The number of pyridine rings is 1. The standard InChI is InChI=1S/C20H19F3N4O3/c1-12(28)25-16-6-5-14(20(21,22)23)9-17(16)26-19(30)13-8-18(29)27(10-13)11-15-4-2-3-7-24-15/h2-7,9,13H,8,10-11H2,1H3,(H,25,28)(H,26,30). The minimum absolute atomic E-state index is 0.0403. The number of nitrogens with zero attached hydrogens (tertiary/aromatic N) is 2. The van der Waals surface area contributed by atoms with Crippen molar-refractivity contribution in [1.29, 1.82) is 0 Å². The van der Waals surface area contributed by atoms with Gasteiger partial charge in [-0.1, -0.05) is 6.07 Å². The number of rotatable bonds is 5. The topological polar surface area (TPSA) is 91.4 Å². The van der Waals surface area contributed by atoms with Crippen molar-refractivity contribution in [2.24, 2.45) is 5.92 Å². The Morgan fingerprint density at radius 3 is 2.57 bits per heavy atom. The van der Waals surface area contributed by atoms with Gasteiger partial charge in [-0.05, 0) is 30.3 Å². The van der Waals surface area contributed by atoms with E-state index >= 15 is 0 Å². The van der Waals surface area contributed by atoms with Crippen LogP contribution in [0, 0.1) is 5.92 Å². The zero-order valence-electron chi connectivity index (χ0n) is 16.0. The number of benzene rings is 1. The number of anilines is 2. The number of nitrogens with one attached hydrogen (secondary N) is 2. The Kier molecular flexibility index (Phi) is 6.04. The van der Waals surface area contributed by atoms with E-state index in [4.69, 9.17) is 0 Å². The van der Waals surface area contributed by atoms with Gasteiger partial charge in [-0.2, -0.15) is 13.2 Å². The van der Waals surface area contributed by atoms with E-state index < -0.39 is 29.5 Å². The predicted octanol–water partition coefficient (Wildman–Crippen LogP) is 3.05. The minimum atomic E-state index is -4.61. The molecule has 0 spiro atoms. The van der Waals surface area contributed by atoms with Gasteiger partial charge in [0.1, 0.15) is 0 Å². The average Bonchev–Trinajstić information content (AvgIpc) is 3.03. The molecule has 10 heteroatoms. The molecule has 1 saturated heterocycles. The van der Waals surface area contributed by atoms with Gasteiger partial charge >= 0.3 is 6.18 Å². The summed E-state index contributed by atoms with van der Waals surface area (Å²) >= 11 is 0. The van der Waals surface area contributed by atoms with Gasteiger partial charge in [-0.3, -0.25) is 19.4 Å². The molecule has 0 radical (unpaired) electrons. The summed E-state index contributed by atoms with van der Waals surface area (Å²) < 4.78 is 39.2. The number of halogens is 3. The monoisotopic (exact) mass is 420 g/mol. The zero-order chi connectivity index (χ0) is 21.9. The molecule has 1 aromatic carbocycles. The molecule has 2 heterocycles. The van der Waals surface area contributed by atoms with Crippen molar-refractivity contribution in [3.8, 4) is 0 Å². The highest BCUT2D eigenvalue weighted by Crippen LogP contribution is 2.34. The fourth-order valence-electron chi connectivity index (χ4n) is 3.15. The van der Waals surface area contributed by atoms with E-state index in [9.17, 15) is 27.6 Å². The Morgan fingerprint density at radius 2 is 1.93 bits per heavy atom. The van der Waals surface area contributed by atoms with Gasteiger partial charge < -0.3 is 15.5 Å². The summed E-state index contributed by atoms with van der Waals surface area (Å²) in [4.78, 5) is 41.9. The van der Waals surface area contributed by atoms with Crippen LogP contribution in [0.15, 0.2) is 42.6 Å². The molecule has 1 atom stereocenters.